The second-order valence-corrected chi connectivity index (χ2v) is 4.11. The number of carbonyl (C=O) groups is 1. The van der Waals surface area contributed by atoms with Crippen LogP contribution >= 0.6 is 0 Å². The second-order valence-electron chi connectivity index (χ2n) is 4.11. The standard InChI is InChI=1S/C10H19NO3/c1-7(10(13)14)6-11-8-4-2-3-5-9(8)12/h7-9,11-12H,2-6H2,1H3,(H,13,14). The Balaban J connectivity index is 2.25. The molecule has 1 aliphatic carbocycles. The molecule has 1 fully saturated rings. The monoisotopic (exact) mass is 201 g/mol. The Hall–Kier alpha value is -0.610. The first-order chi connectivity index (χ1) is 6.61. The highest BCUT2D eigenvalue weighted by Gasteiger charge is 2.23. The fourth-order valence-corrected chi connectivity index (χ4v) is 1.76. The molecule has 4 heteroatoms. The van der Waals surface area contributed by atoms with E-state index in [9.17, 15) is 9.90 Å². The molecule has 1 saturated carbocycles. The number of carboxylic acid groups (broad SMARTS) is 1. The maximum atomic E-state index is 10.6. The van der Waals surface area contributed by atoms with Gasteiger partial charge < -0.3 is 15.5 Å². The first-order valence-electron chi connectivity index (χ1n) is 5.25. The predicted molar refractivity (Wildman–Crippen MR) is 53.1 cm³/mol. The molecular formula is C10H19NO3. The molecule has 14 heavy (non-hydrogen) atoms. The SMILES string of the molecule is CC(CNC1CCCCC1O)C(=O)O. The van der Waals surface area contributed by atoms with Gasteiger partial charge in [-0.1, -0.05) is 19.8 Å². The minimum atomic E-state index is -0.789. The number of nitrogens with one attached hydrogen (secondary N) is 1. The lowest BCUT2D eigenvalue weighted by molar-refractivity contribution is -0.141. The summed E-state index contributed by atoms with van der Waals surface area (Å²) in [5.74, 6) is -1.17. The van der Waals surface area contributed by atoms with Crippen molar-refractivity contribution in [3.05, 3.63) is 0 Å². The topological polar surface area (TPSA) is 69.6 Å². The average Bonchev–Trinajstić information content (AvgIpc) is 2.16. The van der Waals surface area contributed by atoms with Crippen LogP contribution in [0.3, 0.4) is 0 Å². The molecule has 0 heterocycles. The Morgan fingerprint density at radius 3 is 2.71 bits per heavy atom. The van der Waals surface area contributed by atoms with E-state index in [4.69, 9.17) is 5.11 Å². The van der Waals surface area contributed by atoms with Crippen molar-refractivity contribution >= 4 is 5.97 Å². The van der Waals surface area contributed by atoms with Crippen LogP contribution in [0, 0.1) is 5.92 Å². The predicted octanol–water partition coefficient (Wildman–Crippen LogP) is 0.600. The highest BCUT2D eigenvalue weighted by molar-refractivity contribution is 5.69. The van der Waals surface area contributed by atoms with Gasteiger partial charge in [0, 0.05) is 12.6 Å². The van der Waals surface area contributed by atoms with Crippen molar-refractivity contribution in [2.45, 2.75) is 44.8 Å². The minimum absolute atomic E-state index is 0.0885. The molecular weight excluding hydrogens is 182 g/mol. The van der Waals surface area contributed by atoms with Gasteiger partial charge in [0.25, 0.3) is 0 Å². The van der Waals surface area contributed by atoms with Crippen LogP contribution in [0.15, 0.2) is 0 Å². The maximum Gasteiger partial charge on any atom is 0.307 e. The quantitative estimate of drug-likeness (QED) is 0.623. The summed E-state index contributed by atoms with van der Waals surface area (Å²) in [7, 11) is 0. The van der Waals surface area contributed by atoms with Gasteiger partial charge >= 0.3 is 5.97 Å². The summed E-state index contributed by atoms with van der Waals surface area (Å²) in [6.45, 7) is 2.11. The Kier molecular flexibility index (Phi) is 4.35. The molecule has 3 atom stereocenters. The lowest BCUT2D eigenvalue weighted by atomic mass is 9.92. The summed E-state index contributed by atoms with van der Waals surface area (Å²) in [6, 6.07) is 0.0885. The van der Waals surface area contributed by atoms with Gasteiger partial charge in [-0.25, -0.2) is 0 Å². The largest absolute Gasteiger partial charge is 0.481 e. The van der Waals surface area contributed by atoms with Crippen LogP contribution in [0.4, 0.5) is 0 Å². The van der Waals surface area contributed by atoms with Crippen LogP contribution in [0.1, 0.15) is 32.6 Å². The van der Waals surface area contributed by atoms with E-state index >= 15 is 0 Å². The zero-order chi connectivity index (χ0) is 10.6. The molecule has 0 radical (unpaired) electrons. The molecule has 82 valence electrons. The van der Waals surface area contributed by atoms with Crippen molar-refractivity contribution in [1.29, 1.82) is 0 Å². The van der Waals surface area contributed by atoms with Gasteiger partial charge in [0.15, 0.2) is 0 Å². The smallest absolute Gasteiger partial charge is 0.307 e. The van der Waals surface area contributed by atoms with Crippen LogP contribution in [-0.4, -0.2) is 34.9 Å². The molecule has 0 amide bonds. The van der Waals surface area contributed by atoms with Crippen molar-refractivity contribution in [1.82, 2.24) is 5.32 Å². The Morgan fingerprint density at radius 2 is 2.14 bits per heavy atom. The number of aliphatic carboxylic acids is 1. The van der Waals surface area contributed by atoms with Crippen LogP contribution in [0.2, 0.25) is 0 Å². The van der Waals surface area contributed by atoms with Crippen LogP contribution in [0.5, 0.6) is 0 Å². The third-order valence-electron chi connectivity index (χ3n) is 2.84. The molecule has 4 nitrogen and oxygen atoms in total. The highest BCUT2D eigenvalue weighted by atomic mass is 16.4. The summed E-state index contributed by atoms with van der Waals surface area (Å²) in [5.41, 5.74) is 0. The molecule has 1 aliphatic rings. The van der Waals surface area contributed by atoms with Gasteiger partial charge in [-0.2, -0.15) is 0 Å². The van der Waals surface area contributed by atoms with Gasteiger partial charge in [-0.15, -0.1) is 0 Å². The van der Waals surface area contributed by atoms with Gasteiger partial charge in [0.2, 0.25) is 0 Å². The Morgan fingerprint density at radius 1 is 1.50 bits per heavy atom. The number of hydrogen-bond donors (Lipinski definition) is 3. The molecule has 1 rings (SSSR count). The normalized spacial score (nSPS) is 29.9. The van der Waals surface area contributed by atoms with Gasteiger partial charge in [-0.3, -0.25) is 4.79 Å². The molecule has 0 saturated heterocycles. The number of aliphatic hydroxyl groups is 1. The molecule has 0 aliphatic heterocycles. The number of aliphatic hydroxyl groups excluding tert-OH is 1. The lowest BCUT2D eigenvalue weighted by Crippen LogP contribution is -2.44. The molecule has 0 spiro atoms. The van der Waals surface area contributed by atoms with E-state index in [-0.39, 0.29) is 18.1 Å². The van der Waals surface area contributed by atoms with E-state index in [0.717, 1.165) is 25.7 Å². The lowest BCUT2D eigenvalue weighted by Gasteiger charge is -2.29. The van der Waals surface area contributed by atoms with Gasteiger partial charge in [0.1, 0.15) is 0 Å². The van der Waals surface area contributed by atoms with Crippen molar-refractivity contribution in [3.8, 4) is 0 Å². The average molecular weight is 201 g/mol. The van der Waals surface area contributed by atoms with Crippen LogP contribution in [-0.2, 0) is 4.79 Å². The van der Waals surface area contributed by atoms with E-state index in [1.807, 2.05) is 0 Å². The van der Waals surface area contributed by atoms with E-state index in [0.29, 0.717) is 6.54 Å². The maximum absolute atomic E-state index is 10.6. The third-order valence-corrected chi connectivity index (χ3v) is 2.84. The number of carboxylic acids is 1. The van der Waals surface area contributed by atoms with Gasteiger partial charge in [0.05, 0.1) is 12.0 Å². The molecule has 0 aromatic carbocycles. The van der Waals surface area contributed by atoms with E-state index < -0.39 is 5.97 Å². The molecule has 0 bridgehead atoms. The Labute approximate surface area is 84.3 Å². The van der Waals surface area contributed by atoms with E-state index in [1.165, 1.54) is 0 Å². The summed E-state index contributed by atoms with van der Waals surface area (Å²) in [6.07, 6.45) is 3.68. The summed E-state index contributed by atoms with van der Waals surface area (Å²) < 4.78 is 0. The molecule has 0 aromatic rings. The highest BCUT2D eigenvalue weighted by Crippen LogP contribution is 2.18. The molecule has 3 N–H and O–H groups in total. The first kappa shape index (κ1) is 11.5. The van der Waals surface area contributed by atoms with E-state index in [2.05, 4.69) is 5.32 Å². The van der Waals surface area contributed by atoms with Crippen molar-refractivity contribution in [3.63, 3.8) is 0 Å². The molecule has 3 unspecified atom stereocenters. The second kappa shape index (κ2) is 5.32. The van der Waals surface area contributed by atoms with Crippen LogP contribution in [0.25, 0.3) is 0 Å². The van der Waals surface area contributed by atoms with Crippen LogP contribution < -0.4 is 5.32 Å². The van der Waals surface area contributed by atoms with Crippen molar-refractivity contribution < 1.29 is 15.0 Å². The zero-order valence-corrected chi connectivity index (χ0v) is 8.57. The van der Waals surface area contributed by atoms with Crippen molar-refractivity contribution in [2.24, 2.45) is 5.92 Å². The van der Waals surface area contributed by atoms with E-state index in [1.54, 1.807) is 6.92 Å². The molecule has 0 aromatic heterocycles. The van der Waals surface area contributed by atoms with Gasteiger partial charge in [-0.05, 0) is 12.8 Å². The Bertz CT molecular complexity index is 196. The fourth-order valence-electron chi connectivity index (χ4n) is 1.76. The summed E-state index contributed by atoms with van der Waals surface area (Å²) in [4.78, 5) is 10.6. The summed E-state index contributed by atoms with van der Waals surface area (Å²) >= 11 is 0. The summed E-state index contributed by atoms with van der Waals surface area (Å²) in [5, 5.41) is 21.4. The third kappa shape index (κ3) is 3.27. The first-order valence-corrected chi connectivity index (χ1v) is 5.25. The zero-order valence-electron chi connectivity index (χ0n) is 8.57. The van der Waals surface area contributed by atoms with Crippen molar-refractivity contribution in [2.75, 3.05) is 6.54 Å². The number of hydrogen-bond acceptors (Lipinski definition) is 3. The fraction of sp³-hybridized carbons (Fsp3) is 0.900. The number of rotatable bonds is 4. The minimum Gasteiger partial charge on any atom is -0.481 e.